The van der Waals surface area contributed by atoms with E-state index < -0.39 is 11.8 Å². The lowest BCUT2D eigenvalue weighted by atomic mass is 10.0. The van der Waals surface area contributed by atoms with E-state index in [0.717, 1.165) is 0 Å². The number of nitrogens with zero attached hydrogens (tertiary/aromatic N) is 1. The second-order valence-corrected chi connectivity index (χ2v) is 4.45. The first-order chi connectivity index (χ1) is 10.0. The molecule has 5 heteroatoms. The summed E-state index contributed by atoms with van der Waals surface area (Å²) in [4.78, 5) is 23.6. The zero-order valence-corrected chi connectivity index (χ0v) is 11.4. The second kappa shape index (κ2) is 5.88. The highest BCUT2D eigenvalue weighted by Gasteiger charge is 2.14. The Labute approximate surface area is 122 Å². The van der Waals surface area contributed by atoms with Crippen LogP contribution in [0.3, 0.4) is 0 Å². The SMILES string of the molecule is Cc1c(C#N)cccc1C(=O)Nc1ccccc1C(N)=O. The number of rotatable bonds is 3. The Morgan fingerprint density at radius 1 is 1.10 bits per heavy atom. The van der Waals surface area contributed by atoms with Crippen LogP contribution < -0.4 is 11.1 Å². The van der Waals surface area contributed by atoms with Crippen molar-refractivity contribution >= 4 is 17.5 Å². The van der Waals surface area contributed by atoms with Crippen molar-refractivity contribution in [1.29, 1.82) is 5.26 Å². The van der Waals surface area contributed by atoms with E-state index in [1.54, 1.807) is 43.3 Å². The van der Waals surface area contributed by atoms with Crippen LogP contribution in [-0.2, 0) is 0 Å². The molecule has 2 rings (SSSR count). The molecule has 2 amide bonds. The van der Waals surface area contributed by atoms with Crippen LogP contribution in [0.4, 0.5) is 5.69 Å². The van der Waals surface area contributed by atoms with E-state index in [4.69, 9.17) is 11.0 Å². The van der Waals surface area contributed by atoms with Crippen molar-refractivity contribution in [3.63, 3.8) is 0 Å². The predicted octanol–water partition coefficient (Wildman–Crippen LogP) is 2.22. The first-order valence-corrected chi connectivity index (χ1v) is 6.24. The Balaban J connectivity index is 2.36. The third kappa shape index (κ3) is 2.90. The number of hydrogen-bond donors (Lipinski definition) is 2. The number of benzene rings is 2. The van der Waals surface area contributed by atoms with Gasteiger partial charge in [0.25, 0.3) is 11.8 Å². The maximum atomic E-state index is 12.3. The number of nitrogens with two attached hydrogens (primary N) is 1. The average Bonchev–Trinajstić information content (AvgIpc) is 2.47. The minimum Gasteiger partial charge on any atom is -0.366 e. The van der Waals surface area contributed by atoms with Crippen LogP contribution in [0.2, 0.25) is 0 Å². The molecule has 0 fully saturated rings. The van der Waals surface area contributed by atoms with Crippen LogP contribution >= 0.6 is 0 Å². The van der Waals surface area contributed by atoms with E-state index >= 15 is 0 Å². The van der Waals surface area contributed by atoms with Crippen molar-refractivity contribution in [3.8, 4) is 6.07 Å². The Hall–Kier alpha value is -3.13. The lowest BCUT2D eigenvalue weighted by Gasteiger charge is -2.11. The molecule has 2 aromatic carbocycles. The van der Waals surface area contributed by atoms with Crippen LogP contribution in [0.5, 0.6) is 0 Å². The number of hydrogen-bond acceptors (Lipinski definition) is 3. The summed E-state index contributed by atoms with van der Waals surface area (Å²) < 4.78 is 0. The van der Waals surface area contributed by atoms with Gasteiger partial charge < -0.3 is 11.1 Å². The highest BCUT2D eigenvalue weighted by Crippen LogP contribution is 2.18. The largest absolute Gasteiger partial charge is 0.366 e. The Bertz CT molecular complexity index is 760. The molecule has 0 heterocycles. The molecule has 0 aromatic heterocycles. The fourth-order valence-electron chi connectivity index (χ4n) is 2.00. The molecule has 0 radical (unpaired) electrons. The number of carbonyl (C=O) groups is 2. The molecule has 0 aliphatic rings. The van der Waals surface area contributed by atoms with Crippen molar-refractivity contribution in [2.75, 3.05) is 5.32 Å². The number of carbonyl (C=O) groups excluding carboxylic acids is 2. The van der Waals surface area contributed by atoms with Gasteiger partial charge in [-0.1, -0.05) is 18.2 Å². The zero-order valence-electron chi connectivity index (χ0n) is 11.4. The molecule has 21 heavy (non-hydrogen) atoms. The summed E-state index contributed by atoms with van der Waals surface area (Å²) in [5, 5.41) is 11.6. The van der Waals surface area contributed by atoms with Crippen molar-refractivity contribution in [1.82, 2.24) is 0 Å². The summed E-state index contributed by atoms with van der Waals surface area (Å²) in [6.07, 6.45) is 0. The highest BCUT2D eigenvalue weighted by atomic mass is 16.2. The summed E-state index contributed by atoms with van der Waals surface area (Å²) in [7, 11) is 0. The maximum absolute atomic E-state index is 12.3. The van der Waals surface area contributed by atoms with E-state index in [9.17, 15) is 9.59 Å². The lowest BCUT2D eigenvalue weighted by molar-refractivity contribution is 0.100. The van der Waals surface area contributed by atoms with E-state index in [1.807, 2.05) is 6.07 Å². The van der Waals surface area contributed by atoms with Gasteiger partial charge in [-0.3, -0.25) is 9.59 Å². The molecule has 0 aliphatic heterocycles. The Morgan fingerprint density at radius 3 is 2.43 bits per heavy atom. The minimum atomic E-state index is -0.617. The summed E-state index contributed by atoms with van der Waals surface area (Å²) in [6.45, 7) is 1.70. The number of nitriles is 1. The molecular weight excluding hydrogens is 266 g/mol. The van der Waals surface area contributed by atoms with E-state index in [2.05, 4.69) is 5.32 Å². The number of anilines is 1. The first-order valence-electron chi connectivity index (χ1n) is 6.24. The van der Waals surface area contributed by atoms with Gasteiger partial charge in [0.2, 0.25) is 0 Å². The van der Waals surface area contributed by atoms with E-state index in [0.29, 0.717) is 22.4 Å². The molecule has 0 aliphatic carbocycles. The van der Waals surface area contributed by atoms with Gasteiger partial charge in [0, 0.05) is 5.56 Å². The van der Waals surface area contributed by atoms with E-state index in [-0.39, 0.29) is 5.56 Å². The normalized spacial score (nSPS) is 9.71. The first kappa shape index (κ1) is 14.3. The van der Waals surface area contributed by atoms with Crippen LogP contribution in [0, 0.1) is 18.3 Å². The van der Waals surface area contributed by atoms with Crippen molar-refractivity contribution in [2.45, 2.75) is 6.92 Å². The fraction of sp³-hybridized carbons (Fsp3) is 0.0625. The van der Waals surface area contributed by atoms with Crippen LogP contribution in [0.25, 0.3) is 0 Å². The van der Waals surface area contributed by atoms with Gasteiger partial charge in [-0.05, 0) is 36.8 Å². The van der Waals surface area contributed by atoms with Crippen molar-refractivity contribution < 1.29 is 9.59 Å². The van der Waals surface area contributed by atoms with Gasteiger partial charge in [0.15, 0.2) is 0 Å². The van der Waals surface area contributed by atoms with Gasteiger partial charge >= 0.3 is 0 Å². The van der Waals surface area contributed by atoms with Gasteiger partial charge in [-0.15, -0.1) is 0 Å². The fourth-order valence-corrected chi connectivity index (χ4v) is 2.00. The summed E-state index contributed by atoms with van der Waals surface area (Å²) in [5.41, 5.74) is 7.26. The zero-order chi connectivity index (χ0) is 15.4. The monoisotopic (exact) mass is 279 g/mol. The highest BCUT2D eigenvalue weighted by molar-refractivity contribution is 6.09. The smallest absolute Gasteiger partial charge is 0.255 e. The van der Waals surface area contributed by atoms with Crippen LogP contribution in [-0.4, -0.2) is 11.8 Å². The van der Waals surface area contributed by atoms with Gasteiger partial charge in [0.05, 0.1) is 22.9 Å². The Kier molecular flexibility index (Phi) is 4.00. The number of primary amides is 1. The quantitative estimate of drug-likeness (QED) is 0.901. The summed E-state index contributed by atoms with van der Waals surface area (Å²) in [6, 6.07) is 13.4. The molecule has 104 valence electrons. The number of para-hydroxylation sites is 1. The molecule has 2 aromatic rings. The standard InChI is InChI=1S/C16H13N3O2/c1-10-11(9-17)5-4-7-12(10)16(21)19-14-8-3-2-6-13(14)15(18)20/h2-8H,1H3,(H2,18,20)(H,19,21). The molecule has 0 saturated heterocycles. The van der Waals surface area contributed by atoms with Crippen molar-refractivity contribution in [2.24, 2.45) is 5.73 Å². The Morgan fingerprint density at radius 2 is 1.76 bits per heavy atom. The summed E-state index contributed by atoms with van der Waals surface area (Å²) in [5.74, 6) is -1.01. The van der Waals surface area contributed by atoms with Crippen molar-refractivity contribution in [3.05, 3.63) is 64.7 Å². The summed E-state index contributed by atoms with van der Waals surface area (Å²) >= 11 is 0. The topological polar surface area (TPSA) is 96.0 Å². The van der Waals surface area contributed by atoms with E-state index in [1.165, 1.54) is 6.07 Å². The average molecular weight is 279 g/mol. The molecule has 0 atom stereocenters. The lowest BCUT2D eigenvalue weighted by Crippen LogP contribution is -2.19. The minimum absolute atomic E-state index is 0.236. The molecule has 0 bridgehead atoms. The molecular formula is C16H13N3O2. The second-order valence-electron chi connectivity index (χ2n) is 4.45. The van der Waals surface area contributed by atoms with Gasteiger partial charge in [-0.25, -0.2) is 0 Å². The maximum Gasteiger partial charge on any atom is 0.255 e. The third-order valence-corrected chi connectivity index (χ3v) is 3.14. The molecule has 0 saturated carbocycles. The van der Waals surface area contributed by atoms with Crippen LogP contribution in [0.1, 0.15) is 31.8 Å². The third-order valence-electron chi connectivity index (χ3n) is 3.14. The molecule has 5 nitrogen and oxygen atoms in total. The molecule has 0 spiro atoms. The number of amides is 2. The van der Waals surface area contributed by atoms with Gasteiger partial charge in [-0.2, -0.15) is 5.26 Å². The number of nitrogens with one attached hydrogen (secondary N) is 1. The van der Waals surface area contributed by atoms with Crippen LogP contribution in [0.15, 0.2) is 42.5 Å². The predicted molar refractivity (Wildman–Crippen MR) is 78.8 cm³/mol. The molecule has 0 unspecified atom stereocenters. The van der Waals surface area contributed by atoms with Gasteiger partial charge in [0.1, 0.15) is 0 Å². The molecule has 3 N–H and O–H groups in total.